The Kier molecular flexibility index (Phi) is 3.21. The van der Waals surface area contributed by atoms with Crippen LogP contribution in [-0.4, -0.2) is 27.2 Å². The zero-order valence-corrected chi connectivity index (χ0v) is 8.28. The number of hydrazine groups is 1. The minimum Gasteiger partial charge on any atom is -0.389 e. The van der Waals surface area contributed by atoms with E-state index in [4.69, 9.17) is 5.84 Å². The third kappa shape index (κ3) is 3.55. The number of nitrogens with two attached hydrogens (primary N) is 1. The largest absolute Gasteiger partial charge is 0.389 e. The third-order valence-electron chi connectivity index (χ3n) is 1.48. The van der Waals surface area contributed by atoms with Crippen LogP contribution in [0.25, 0.3) is 0 Å². The van der Waals surface area contributed by atoms with Crippen LogP contribution < -0.4 is 16.6 Å². The number of nitrogens with one attached hydrogen (secondary N) is 2. The molecule has 0 bridgehead atoms. The molecule has 1 heterocycles. The van der Waals surface area contributed by atoms with Gasteiger partial charge in [0, 0.05) is 6.54 Å². The number of hydrogen-bond acceptors (Lipinski definition) is 6. The Morgan fingerprint density at radius 1 is 1.43 bits per heavy atom. The molecule has 0 spiro atoms. The molecule has 6 heteroatoms. The van der Waals surface area contributed by atoms with E-state index >= 15 is 0 Å². The van der Waals surface area contributed by atoms with E-state index in [0.29, 0.717) is 18.2 Å². The van der Waals surface area contributed by atoms with Crippen LogP contribution in [0, 0.1) is 0 Å². The summed E-state index contributed by atoms with van der Waals surface area (Å²) in [7, 11) is 0. The number of aromatic nitrogens is 2. The van der Waals surface area contributed by atoms with Crippen molar-refractivity contribution in [3.05, 3.63) is 12.4 Å². The van der Waals surface area contributed by atoms with Gasteiger partial charge in [-0.15, -0.1) is 0 Å². The molecule has 0 atom stereocenters. The third-order valence-corrected chi connectivity index (χ3v) is 1.48. The molecule has 1 aromatic rings. The Balaban J connectivity index is 2.59. The Hall–Kier alpha value is -1.40. The monoisotopic (exact) mass is 197 g/mol. The summed E-state index contributed by atoms with van der Waals surface area (Å²) < 4.78 is 0. The van der Waals surface area contributed by atoms with Gasteiger partial charge in [0.05, 0.1) is 18.0 Å². The maximum absolute atomic E-state index is 9.45. The number of hydrogen-bond donors (Lipinski definition) is 4. The van der Waals surface area contributed by atoms with Gasteiger partial charge < -0.3 is 15.8 Å². The molecule has 0 aliphatic carbocycles. The summed E-state index contributed by atoms with van der Waals surface area (Å²) in [5.41, 5.74) is 1.60. The zero-order chi connectivity index (χ0) is 10.6. The molecule has 0 unspecified atom stereocenters. The van der Waals surface area contributed by atoms with E-state index in [1.54, 1.807) is 20.0 Å². The minimum absolute atomic E-state index is 0.399. The summed E-state index contributed by atoms with van der Waals surface area (Å²) in [5, 5.41) is 12.4. The zero-order valence-electron chi connectivity index (χ0n) is 8.28. The van der Waals surface area contributed by atoms with E-state index in [1.165, 1.54) is 6.20 Å². The lowest BCUT2D eigenvalue weighted by atomic mass is 10.1. The van der Waals surface area contributed by atoms with Crippen LogP contribution in [0.15, 0.2) is 12.4 Å². The highest BCUT2D eigenvalue weighted by Gasteiger charge is 2.11. The first-order valence-electron chi connectivity index (χ1n) is 4.26. The molecule has 0 amide bonds. The standard InChI is InChI=1S/C8H15N5O/c1-8(2,14)5-11-6-3-10-4-7(12-6)13-9/h3-4,14H,5,9H2,1-2H3,(H2,11,12,13). The fraction of sp³-hybridized carbons (Fsp3) is 0.500. The quantitative estimate of drug-likeness (QED) is 0.399. The lowest BCUT2D eigenvalue weighted by Gasteiger charge is -2.17. The molecule has 6 nitrogen and oxygen atoms in total. The van der Waals surface area contributed by atoms with Crippen LogP contribution in [-0.2, 0) is 0 Å². The number of nitrogen functional groups attached to an aromatic ring is 1. The maximum Gasteiger partial charge on any atom is 0.160 e. The van der Waals surface area contributed by atoms with Crippen molar-refractivity contribution >= 4 is 11.6 Å². The number of anilines is 2. The van der Waals surface area contributed by atoms with Gasteiger partial charge in [0.1, 0.15) is 5.82 Å². The lowest BCUT2D eigenvalue weighted by molar-refractivity contribution is 0.0944. The molecule has 0 aliphatic rings. The summed E-state index contributed by atoms with van der Waals surface area (Å²) in [6, 6.07) is 0. The second kappa shape index (κ2) is 4.21. The topological polar surface area (TPSA) is 96.1 Å². The number of aliphatic hydroxyl groups is 1. The molecule has 0 saturated carbocycles. The van der Waals surface area contributed by atoms with Gasteiger partial charge in [-0.3, -0.25) is 4.98 Å². The van der Waals surface area contributed by atoms with Crippen molar-refractivity contribution in [2.24, 2.45) is 5.84 Å². The first kappa shape index (κ1) is 10.7. The van der Waals surface area contributed by atoms with Gasteiger partial charge in [0.25, 0.3) is 0 Å². The van der Waals surface area contributed by atoms with Crippen LogP contribution in [0.3, 0.4) is 0 Å². The summed E-state index contributed by atoms with van der Waals surface area (Å²) >= 11 is 0. The molecule has 0 radical (unpaired) electrons. The van der Waals surface area contributed by atoms with E-state index in [1.807, 2.05) is 0 Å². The summed E-state index contributed by atoms with van der Waals surface area (Å²) in [6.07, 6.45) is 3.07. The fourth-order valence-corrected chi connectivity index (χ4v) is 0.828. The van der Waals surface area contributed by atoms with Crippen LogP contribution >= 0.6 is 0 Å². The smallest absolute Gasteiger partial charge is 0.160 e. The molecule has 0 saturated heterocycles. The van der Waals surface area contributed by atoms with Crippen molar-refractivity contribution in [3.8, 4) is 0 Å². The predicted molar refractivity (Wildman–Crippen MR) is 54.6 cm³/mol. The van der Waals surface area contributed by atoms with Gasteiger partial charge in [0.2, 0.25) is 0 Å². The first-order chi connectivity index (χ1) is 6.51. The molecule has 1 rings (SSSR count). The summed E-state index contributed by atoms with van der Waals surface area (Å²) in [6.45, 7) is 3.81. The molecule has 0 aromatic carbocycles. The first-order valence-corrected chi connectivity index (χ1v) is 4.26. The normalized spacial score (nSPS) is 11.1. The molecule has 78 valence electrons. The second-order valence-corrected chi connectivity index (χ2v) is 3.60. The number of nitrogens with zero attached hydrogens (tertiary/aromatic N) is 2. The van der Waals surface area contributed by atoms with Crippen LogP contribution in [0.4, 0.5) is 11.6 Å². The predicted octanol–water partition coefficient (Wildman–Crippen LogP) is -0.0550. The Morgan fingerprint density at radius 2 is 2.07 bits per heavy atom. The average Bonchev–Trinajstić information content (AvgIpc) is 2.14. The highest BCUT2D eigenvalue weighted by Crippen LogP contribution is 2.07. The van der Waals surface area contributed by atoms with Gasteiger partial charge in [0.15, 0.2) is 5.82 Å². The van der Waals surface area contributed by atoms with E-state index < -0.39 is 5.60 Å². The SMILES string of the molecule is CC(C)(O)CNc1cncc(NN)n1. The maximum atomic E-state index is 9.45. The second-order valence-electron chi connectivity index (χ2n) is 3.60. The van der Waals surface area contributed by atoms with E-state index in [-0.39, 0.29) is 0 Å². The van der Waals surface area contributed by atoms with E-state index in [2.05, 4.69) is 20.7 Å². The molecule has 0 aliphatic heterocycles. The summed E-state index contributed by atoms with van der Waals surface area (Å²) in [4.78, 5) is 7.98. The van der Waals surface area contributed by atoms with Crippen molar-refractivity contribution < 1.29 is 5.11 Å². The van der Waals surface area contributed by atoms with Crippen LogP contribution in [0.2, 0.25) is 0 Å². The van der Waals surface area contributed by atoms with Gasteiger partial charge in [-0.05, 0) is 13.8 Å². The lowest BCUT2D eigenvalue weighted by Crippen LogP contribution is -2.29. The van der Waals surface area contributed by atoms with Gasteiger partial charge in [-0.2, -0.15) is 0 Å². The van der Waals surface area contributed by atoms with Crippen molar-refractivity contribution in [3.63, 3.8) is 0 Å². The molecular weight excluding hydrogens is 182 g/mol. The Labute approximate surface area is 82.5 Å². The van der Waals surface area contributed by atoms with Crippen molar-refractivity contribution in [2.45, 2.75) is 19.4 Å². The highest BCUT2D eigenvalue weighted by molar-refractivity contribution is 5.40. The van der Waals surface area contributed by atoms with Crippen molar-refractivity contribution in [2.75, 3.05) is 17.3 Å². The summed E-state index contributed by atoms with van der Waals surface area (Å²) in [5.74, 6) is 6.22. The van der Waals surface area contributed by atoms with Crippen LogP contribution in [0.1, 0.15) is 13.8 Å². The van der Waals surface area contributed by atoms with Gasteiger partial charge >= 0.3 is 0 Å². The Bertz CT molecular complexity index is 296. The van der Waals surface area contributed by atoms with E-state index in [0.717, 1.165) is 0 Å². The van der Waals surface area contributed by atoms with Crippen LogP contribution in [0.5, 0.6) is 0 Å². The molecule has 0 fully saturated rings. The minimum atomic E-state index is -0.784. The van der Waals surface area contributed by atoms with Gasteiger partial charge in [-0.1, -0.05) is 0 Å². The van der Waals surface area contributed by atoms with E-state index in [9.17, 15) is 5.11 Å². The molecule has 5 N–H and O–H groups in total. The molecule has 1 aromatic heterocycles. The Morgan fingerprint density at radius 3 is 2.64 bits per heavy atom. The molecular formula is C8H15N5O. The van der Waals surface area contributed by atoms with Crippen molar-refractivity contribution in [1.29, 1.82) is 0 Å². The van der Waals surface area contributed by atoms with Gasteiger partial charge in [-0.25, -0.2) is 10.8 Å². The fourth-order valence-electron chi connectivity index (χ4n) is 0.828. The van der Waals surface area contributed by atoms with Crippen molar-refractivity contribution in [1.82, 2.24) is 9.97 Å². The highest BCUT2D eigenvalue weighted by atomic mass is 16.3. The average molecular weight is 197 g/mol. The number of rotatable bonds is 4. The molecule has 14 heavy (non-hydrogen) atoms.